The molecule has 0 saturated heterocycles. The average molecular weight is 189 g/mol. The van der Waals surface area contributed by atoms with Gasteiger partial charge in [-0.15, -0.1) is 0 Å². The summed E-state index contributed by atoms with van der Waals surface area (Å²) in [7, 11) is 1.75. The summed E-state index contributed by atoms with van der Waals surface area (Å²) in [4.78, 5) is 21.4. The van der Waals surface area contributed by atoms with Gasteiger partial charge in [0.05, 0.1) is 6.04 Å². The van der Waals surface area contributed by atoms with E-state index in [2.05, 4.69) is 5.32 Å². The molecule has 0 amide bonds. The number of hydrogen-bond acceptors (Lipinski definition) is 4. The number of rotatable bonds is 5. The zero-order valence-corrected chi connectivity index (χ0v) is 8.53. The van der Waals surface area contributed by atoms with Gasteiger partial charge in [0, 0.05) is 12.7 Å². The fourth-order valence-corrected chi connectivity index (χ4v) is 1.51. The molecule has 3 nitrogen and oxygen atoms in total. The summed E-state index contributed by atoms with van der Waals surface area (Å²) in [5.41, 5.74) is 0. The van der Waals surface area contributed by atoms with Crippen molar-refractivity contribution in [2.24, 2.45) is 0 Å². The molecule has 0 radical (unpaired) electrons. The molecular weight excluding hydrogens is 174 g/mol. The van der Waals surface area contributed by atoms with Gasteiger partial charge in [0.25, 0.3) is 0 Å². The van der Waals surface area contributed by atoms with E-state index in [1.807, 2.05) is 0 Å². The predicted molar refractivity (Wildman–Crippen MR) is 51.3 cm³/mol. The van der Waals surface area contributed by atoms with Gasteiger partial charge in [-0.3, -0.25) is 9.59 Å². The predicted octanol–water partition coefficient (Wildman–Crippen LogP) is 0.833. The van der Waals surface area contributed by atoms with Crippen molar-refractivity contribution < 1.29 is 9.59 Å². The molecule has 0 aliphatic rings. The lowest BCUT2D eigenvalue weighted by Crippen LogP contribution is -2.32. The van der Waals surface area contributed by atoms with Crippen LogP contribution in [0, 0.1) is 0 Å². The number of carbonyl (C=O) groups is 2. The van der Waals surface area contributed by atoms with Crippen molar-refractivity contribution in [1.29, 1.82) is 0 Å². The molecular formula is C8H15NO2S. The molecule has 1 N–H and O–H groups in total. The lowest BCUT2D eigenvalue weighted by atomic mass is 10.1. The number of ketones is 1. The Bertz CT molecular complexity index is 170. The topological polar surface area (TPSA) is 46.2 Å². The van der Waals surface area contributed by atoms with Crippen LogP contribution in [-0.4, -0.2) is 29.7 Å². The molecule has 12 heavy (non-hydrogen) atoms. The molecule has 0 saturated carbocycles. The third kappa shape index (κ3) is 5.32. The number of nitrogens with one attached hydrogen (secondary N) is 1. The van der Waals surface area contributed by atoms with Crippen LogP contribution < -0.4 is 5.32 Å². The minimum Gasteiger partial charge on any atom is -0.311 e. The second-order valence-corrected chi connectivity index (χ2v) is 3.85. The maximum atomic E-state index is 10.9. The molecule has 0 aliphatic carbocycles. The van der Waals surface area contributed by atoms with Gasteiger partial charge < -0.3 is 5.32 Å². The Morgan fingerprint density at radius 2 is 2.00 bits per heavy atom. The fourth-order valence-electron chi connectivity index (χ4n) is 0.871. The molecule has 0 aromatic heterocycles. The largest absolute Gasteiger partial charge is 0.311 e. The zero-order valence-electron chi connectivity index (χ0n) is 7.72. The first-order chi connectivity index (χ1) is 5.57. The highest BCUT2D eigenvalue weighted by Crippen LogP contribution is 2.05. The number of thioether (sulfide) groups is 1. The zero-order chi connectivity index (χ0) is 9.56. The Balaban J connectivity index is 3.59. The summed E-state index contributed by atoms with van der Waals surface area (Å²) < 4.78 is 0. The van der Waals surface area contributed by atoms with E-state index in [1.165, 1.54) is 18.7 Å². The first-order valence-corrected chi connectivity index (χ1v) is 4.87. The van der Waals surface area contributed by atoms with E-state index >= 15 is 0 Å². The maximum Gasteiger partial charge on any atom is 0.185 e. The molecule has 0 aromatic carbocycles. The van der Waals surface area contributed by atoms with E-state index in [-0.39, 0.29) is 16.9 Å². The third-order valence-electron chi connectivity index (χ3n) is 1.55. The van der Waals surface area contributed by atoms with Crippen LogP contribution in [0.15, 0.2) is 0 Å². The van der Waals surface area contributed by atoms with Gasteiger partial charge in [0.15, 0.2) is 5.12 Å². The highest BCUT2D eigenvalue weighted by molar-refractivity contribution is 8.13. The van der Waals surface area contributed by atoms with Crippen molar-refractivity contribution in [3.8, 4) is 0 Å². The van der Waals surface area contributed by atoms with Crippen LogP contribution in [0.2, 0.25) is 0 Å². The average Bonchev–Trinajstić information content (AvgIpc) is 1.96. The van der Waals surface area contributed by atoms with Crippen molar-refractivity contribution in [3.63, 3.8) is 0 Å². The first kappa shape index (κ1) is 11.6. The Labute approximate surface area is 77.3 Å². The van der Waals surface area contributed by atoms with Crippen molar-refractivity contribution in [1.82, 2.24) is 5.32 Å². The second-order valence-electron chi connectivity index (χ2n) is 2.58. The summed E-state index contributed by atoms with van der Waals surface area (Å²) >= 11 is 1.26. The molecule has 0 aliphatic heterocycles. The van der Waals surface area contributed by atoms with Gasteiger partial charge in [0.2, 0.25) is 0 Å². The summed E-state index contributed by atoms with van der Waals surface area (Å²) in [6, 6.07) is -0.100. The first-order valence-electron chi connectivity index (χ1n) is 3.89. The molecule has 1 atom stereocenters. The van der Waals surface area contributed by atoms with E-state index in [1.54, 1.807) is 14.0 Å². The second kappa shape index (κ2) is 6.20. The standard InChI is InChI=1S/C8H15NO2S/c1-6(10)8(9-3)4-5-12-7(2)11/h8-9H,4-5H2,1-3H3. The van der Waals surface area contributed by atoms with Gasteiger partial charge in [0.1, 0.15) is 5.78 Å². The fraction of sp³-hybridized carbons (Fsp3) is 0.750. The lowest BCUT2D eigenvalue weighted by Gasteiger charge is -2.10. The minimum absolute atomic E-state index is 0.100. The molecule has 1 unspecified atom stereocenters. The molecule has 4 heteroatoms. The van der Waals surface area contributed by atoms with E-state index in [9.17, 15) is 9.59 Å². The van der Waals surface area contributed by atoms with E-state index < -0.39 is 0 Å². The van der Waals surface area contributed by atoms with Crippen LogP contribution in [-0.2, 0) is 9.59 Å². The molecule has 70 valence electrons. The summed E-state index contributed by atoms with van der Waals surface area (Å²) in [6.45, 7) is 3.09. The van der Waals surface area contributed by atoms with Gasteiger partial charge in [-0.1, -0.05) is 11.8 Å². The third-order valence-corrected chi connectivity index (χ3v) is 2.40. The highest BCUT2D eigenvalue weighted by Gasteiger charge is 2.10. The summed E-state index contributed by atoms with van der Waals surface area (Å²) in [5, 5.41) is 3.01. The van der Waals surface area contributed by atoms with E-state index in [0.717, 1.165) is 6.42 Å². The Morgan fingerprint density at radius 1 is 1.42 bits per heavy atom. The van der Waals surface area contributed by atoms with Gasteiger partial charge in [-0.2, -0.15) is 0 Å². The number of Topliss-reactive ketones (excluding diaryl/α,β-unsaturated/α-hetero) is 1. The van der Waals surface area contributed by atoms with Crippen LogP contribution in [0.1, 0.15) is 20.3 Å². The SMILES string of the molecule is CNC(CCSC(C)=O)C(C)=O. The smallest absolute Gasteiger partial charge is 0.185 e. The molecule has 0 rings (SSSR count). The Morgan fingerprint density at radius 3 is 2.33 bits per heavy atom. The van der Waals surface area contributed by atoms with Gasteiger partial charge >= 0.3 is 0 Å². The quantitative estimate of drug-likeness (QED) is 0.696. The van der Waals surface area contributed by atoms with Crippen LogP contribution in [0.5, 0.6) is 0 Å². The maximum absolute atomic E-state index is 10.9. The van der Waals surface area contributed by atoms with Crippen molar-refractivity contribution >= 4 is 22.7 Å². The van der Waals surface area contributed by atoms with Crippen LogP contribution in [0.25, 0.3) is 0 Å². The Kier molecular flexibility index (Phi) is 6.02. The summed E-state index contributed by atoms with van der Waals surface area (Å²) in [5.74, 6) is 0.835. The highest BCUT2D eigenvalue weighted by atomic mass is 32.2. The van der Waals surface area contributed by atoms with Gasteiger partial charge in [-0.05, 0) is 20.4 Å². The minimum atomic E-state index is -0.100. The van der Waals surface area contributed by atoms with Crippen molar-refractivity contribution in [2.45, 2.75) is 26.3 Å². The summed E-state index contributed by atoms with van der Waals surface area (Å²) in [6.07, 6.45) is 0.718. The van der Waals surface area contributed by atoms with Crippen molar-refractivity contribution in [3.05, 3.63) is 0 Å². The molecule has 0 fully saturated rings. The molecule has 0 heterocycles. The molecule has 0 spiro atoms. The lowest BCUT2D eigenvalue weighted by molar-refractivity contribution is -0.119. The molecule has 0 bridgehead atoms. The van der Waals surface area contributed by atoms with Gasteiger partial charge in [-0.25, -0.2) is 0 Å². The van der Waals surface area contributed by atoms with E-state index in [4.69, 9.17) is 0 Å². The van der Waals surface area contributed by atoms with Crippen LogP contribution >= 0.6 is 11.8 Å². The van der Waals surface area contributed by atoms with Crippen molar-refractivity contribution in [2.75, 3.05) is 12.8 Å². The number of hydrogen-bond donors (Lipinski definition) is 1. The number of carbonyl (C=O) groups excluding carboxylic acids is 2. The normalized spacial score (nSPS) is 12.6. The van der Waals surface area contributed by atoms with Crippen LogP contribution in [0.3, 0.4) is 0 Å². The van der Waals surface area contributed by atoms with E-state index in [0.29, 0.717) is 5.75 Å². The monoisotopic (exact) mass is 189 g/mol. The Hall–Kier alpha value is -0.350. The number of likely N-dealkylation sites (N-methyl/N-ethyl adjacent to an activating group) is 1. The molecule has 0 aromatic rings. The van der Waals surface area contributed by atoms with Crippen LogP contribution in [0.4, 0.5) is 0 Å².